The molecule has 100 valence electrons. The van der Waals surface area contributed by atoms with Crippen LogP contribution in [0.2, 0.25) is 0 Å². The van der Waals surface area contributed by atoms with Crippen molar-refractivity contribution < 1.29 is 13.5 Å². The van der Waals surface area contributed by atoms with Crippen molar-refractivity contribution in [1.82, 2.24) is 4.98 Å². The molecule has 0 unspecified atom stereocenters. The second-order valence-corrected chi connectivity index (χ2v) is 4.17. The van der Waals surface area contributed by atoms with Gasteiger partial charge in [-0.3, -0.25) is 4.98 Å². The number of nitrogens with zero attached hydrogens (tertiary/aromatic N) is 1. The van der Waals surface area contributed by atoms with Gasteiger partial charge in [0.15, 0.2) is 0 Å². The van der Waals surface area contributed by atoms with Crippen molar-refractivity contribution in [3.05, 3.63) is 58.9 Å². The number of rotatable bonds is 4. The van der Waals surface area contributed by atoms with Crippen molar-refractivity contribution in [3.8, 4) is 5.75 Å². The first-order valence-electron chi connectivity index (χ1n) is 5.83. The van der Waals surface area contributed by atoms with Crippen LogP contribution in [0.15, 0.2) is 30.3 Å². The highest BCUT2D eigenvalue weighted by Gasteiger charge is 2.06. The van der Waals surface area contributed by atoms with Gasteiger partial charge in [0.05, 0.1) is 5.69 Å². The predicted molar refractivity (Wildman–Crippen MR) is 67.6 cm³/mol. The van der Waals surface area contributed by atoms with Gasteiger partial charge in [0.25, 0.3) is 0 Å². The molecule has 0 aliphatic rings. The number of nitrogens with two attached hydrogens (primary N) is 1. The number of aryl methyl sites for hydroxylation is 1. The second kappa shape index (κ2) is 5.75. The molecule has 3 nitrogen and oxygen atoms in total. The topological polar surface area (TPSA) is 48.1 Å². The van der Waals surface area contributed by atoms with Crippen LogP contribution in [0, 0.1) is 18.6 Å². The van der Waals surface area contributed by atoms with E-state index in [0.717, 1.165) is 11.8 Å². The Labute approximate surface area is 110 Å². The summed E-state index contributed by atoms with van der Waals surface area (Å²) in [4.78, 5) is 4.24. The van der Waals surface area contributed by atoms with Gasteiger partial charge < -0.3 is 10.5 Å². The lowest BCUT2D eigenvalue weighted by Crippen LogP contribution is -2.06. The Bertz CT molecular complexity index is 567. The molecule has 0 saturated heterocycles. The van der Waals surface area contributed by atoms with Gasteiger partial charge in [-0.05, 0) is 36.8 Å². The van der Waals surface area contributed by atoms with E-state index in [1.54, 1.807) is 12.1 Å². The lowest BCUT2D eigenvalue weighted by atomic mass is 10.2. The maximum atomic E-state index is 13.0. The number of pyridine rings is 1. The van der Waals surface area contributed by atoms with E-state index in [2.05, 4.69) is 4.98 Å². The summed E-state index contributed by atoms with van der Waals surface area (Å²) in [5.41, 5.74) is 7.45. The highest BCUT2D eigenvalue weighted by atomic mass is 19.1. The van der Waals surface area contributed by atoms with Crippen LogP contribution in [-0.4, -0.2) is 4.98 Å². The molecule has 0 amide bonds. The van der Waals surface area contributed by atoms with Crippen molar-refractivity contribution in [2.75, 3.05) is 0 Å². The number of ether oxygens (including phenoxy) is 1. The molecule has 0 aliphatic heterocycles. The van der Waals surface area contributed by atoms with Crippen molar-refractivity contribution in [2.45, 2.75) is 20.1 Å². The lowest BCUT2D eigenvalue weighted by molar-refractivity contribution is 0.299. The lowest BCUT2D eigenvalue weighted by Gasteiger charge is -2.10. The van der Waals surface area contributed by atoms with E-state index in [0.29, 0.717) is 17.0 Å². The van der Waals surface area contributed by atoms with Crippen molar-refractivity contribution in [1.29, 1.82) is 0 Å². The molecule has 5 heteroatoms. The third-order valence-electron chi connectivity index (χ3n) is 2.58. The molecule has 0 atom stereocenters. The SMILES string of the molecule is Cc1ccc(OCc2cc(F)cc(F)c2)c(CN)n1. The van der Waals surface area contributed by atoms with Crippen LogP contribution in [0.4, 0.5) is 8.78 Å². The first kappa shape index (κ1) is 13.4. The normalized spacial score (nSPS) is 10.5. The van der Waals surface area contributed by atoms with E-state index in [9.17, 15) is 8.78 Å². The summed E-state index contributed by atoms with van der Waals surface area (Å²) in [6.45, 7) is 2.16. The first-order valence-corrected chi connectivity index (χ1v) is 5.83. The van der Waals surface area contributed by atoms with Crippen molar-refractivity contribution in [3.63, 3.8) is 0 Å². The van der Waals surface area contributed by atoms with Crippen molar-refractivity contribution >= 4 is 0 Å². The van der Waals surface area contributed by atoms with Gasteiger partial charge in [0, 0.05) is 18.3 Å². The van der Waals surface area contributed by atoms with E-state index in [1.165, 1.54) is 12.1 Å². The van der Waals surface area contributed by atoms with Gasteiger partial charge in [-0.2, -0.15) is 0 Å². The number of halogens is 2. The molecule has 1 aromatic heterocycles. The highest BCUT2D eigenvalue weighted by molar-refractivity contribution is 5.29. The van der Waals surface area contributed by atoms with Gasteiger partial charge in [-0.25, -0.2) is 8.78 Å². The molecule has 1 aromatic carbocycles. The minimum atomic E-state index is -0.625. The van der Waals surface area contributed by atoms with Crippen LogP contribution in [0.3, 0.4) is 0 Å². The van der Waals surface area contributed by atoms with E-state index in [4.69, 9.17) is 10.5 Å². The summed E-state index contributed by atoms with van der Waals surface area (Å²) in [5, 5.41) is 0. The Morgan fingerprint density at radius 1 is 1.16 bits per heavy atom. The maximum Gasteiger partial charge on any atom is 0.142 e. The predicted octanol–water partition coefficient (Wildman–Crippen LogP) is 2.71. The van der Waals surface area contributed by atoms with Crippen LogP contribution in [0.5, 0.6) is 5.75 Å². The summed E-state index contributed by atoms with van der Waals surface area (Å²) in [6, 6.07) is 6.82. The van der Waals surface area contributed by atoms with Crippen LogP contribution in [-0.2, 0) is 13.2 Å². The number of benzene rings is 1. The third-order valence-corrected chi connectivity index (χ3v) is 2.58. The Morgan fingerprint density at radius 2 is 1.84 bits per heavy atom. The minimum absolute atomic E-state index is 0.0619. The van der Waals surface area contributed by atoms with Crippen molar-refractivity contribution in [2.24, 2.45) is 5.73 Å². The fourth-order valence-corrected chi connectivity index (χ4v) is 1.73. The largest absolute Gasteiger partial charge is 0.487 e. The molecule has 0 spiro atoms. The summed E-state index contributed by atoms with van der Waals surface area (Å²) < 4.78 is 31.6. The van der Waals surface area contributed by atoms with E-state index in [1.807, 2.05) is 6.92 Å². The Kier molecular flexibility index (Phi) is 4.06. The molecule has 0 saturated carbocycles. The smallest absolute Gasteiger partial charge is 0.142 e. The quantitative estimate of drug-likeness (QED) is 0.923. The van der Waals surface area contributed by atoms with Crippen LogP contribution in [0.25, 0.3) is 0 Å². The Balaban J connectivity index is 2.14. The zero-order chi connectivity index (χ0) is 13.8. The van der Waals surface area contributed by atoms with E-state index >= 15 is 0 Å². The summed E-state index contributed by atoms with van der Waals surface area (Å²) in [6.07, 6.45) is 0. The first-order chi connectivity index (χ1) is 9.08. The molecule has 2 rings (SSSR count). The Morgan fingerprint density at radius 3 is 2.47 bits per heavy atom. The summed E-state index contributed by atoms with van der Waals surface area (Å²) in [7, 11) is 0. The molecule has 0 fully saturated rings. The van der Waals surface area contributed by atoms with Crippen LogP contribution < -0.4 is 10.5 Å². The average Bonchev–Trinajstić information content (AvgIpc) is 2.36. The average molecular weight is 264 g/mol. The molecular weight excluding hydrogens is 250 g/mol. The van der Waals surface area contributed by atoms with Gasteiger partial charge in [-0.1, -0.05) is 0 Å². The minimum Gasteiger partial charge on any atom is -0.487 e. The molecule has 19 heavy (non-hydrogen) atoms. The molecule has 2 aromatic rings. The monoisotopic (exact) mass is 264 g/mol. The molecule has 0 radical (unpaired) electrons. The standard InChI is InChI=1S/C14H14F2N2O/c1-9-2-3-14(13(7-17)18-9)19-8-10-4-11(15)6-12(16)5-10/h2-6H,7-8,17H2,1H3. The Hall–Kier alpha value is -2.01. The maximum absolute atomic E-state index is 13.0. The fraction of sp³-hybridized carbons (Fsp3) is 0.214. The summed E-state index contributed by atoms with van der Waals surface area (Å²) >= 11 is 0. The van der Waals surface area contributed by atoms with E-state index < -0.39 is 11.6 Å². The molecule has 2 N–H and O–H groups in total. The van der Waals surface area contributed by atoms with Crippen LogP contribution >= 0.6 is 0 Å². The molecular formula is C14H14F2N2O. The molecule has 0 bridgehead atoms. The van der Waals surface area contributed by atoms with Crippen LogP contribution in [0.1, 0.15) is 17.0 Å². The summed E-state index contributed by atoms with van der Waals surface area (Å²) in [5.74, 6) is -0.725. The van der Waals surface area contributed by atoms with Gasteiger partial charge in [0.1, 0.15) is 24.0 Å². The molecule has 0 aliphatic carbocycles. The molecule has 1 heterocycles. The highest BCUT2D eigenvalue weighted by Crippen LogP contribution is 2.18. The fourth-order valence-electron chi connectivity index (χ4n) is 1.73. The number of aromatic nitrogens is 1. The number of hydrogen-bond acceptors (Lipinski definition) is 3. The third kappa shape index (κ3) is 3.48. The second-order valence-electron chi connectivity index (χ2n) is 4.17. The van der Waals surface area contributed by atoms with Gasteiger partial charge in [-0.15, -0.1) is 0 Å². The zero-order valence-electron chi connectivity index (χ0n) is 10.5. The zero-order valence-corrected chi connectivity index (χ0v) is 10.5. The van der Waals surface area contributed by atoms with Gasteiger partial charge in [0.2, 0.25) is 0 Å². The number of hydrogen-bond donors (Lipinski definition) is 1. The van der Waals surface area contributed by atoms with E-state index in [-0.39, 0.29) is 13.2 Å². The van der Waals surface area contributed by atoms with Gasteiger partial charge >= 0.3 is 0 Å².